The molecule has 0 bridgehead atoms. The van der Waals surface area contributed by atoms with Crippen molar-refractivity contribution in [3.63, 3.8) is 0 Å². The number of amides is 1. The maximum Gasteiger partial charge on any atom is 0.387 e. The standard InChI is InChI=1S/C16H11ClF4N2O3/c17-12-4-2-1-3-11(12)14(24)23-22-8-9-5-6-10(25-15(18)19)7-13(9)26-16(20)21/h1-8,15-16H,(H,23,24)/b22-8-. The van der Waals surface area contributed by atoms with Gasteiger partial charge in [0.1, 0.15) is 11.5 Å². The first-order chi connectivity index (χ1) is 12.4. The van der Waals surface area contributed by atoms with Crippen LogP contribution in [0.1, 0.15) is 15.9 Å². The Morgan fingerprint density at radius 3 is 2.42 bits per heavy atom. The lowest BCUT2D eigenvalue weighted by Crippen LogP contribution is -2.18. The average Bonchev–Trinajstić information content (AvgIpc) is 2.56. The second-order valence-electron chi connectivity index (χ2n) is 4.64. The smallest absolute Gasteiger partial charge is 0.387 e. The molecule has 0 saturated heterocycles. The molecular formula is C16H11ClF4N2O3. The largest absolute Gasteiger partial charge is 0.435 e. The maximum absolute atomic E-state index is 12.5. The lowest BCUT2D eigenvalue weighted by atomic mass is 10.2. The fraction of sp³-hybridized carbons (Fsp3) is 0.125. The minimum Gasteiger partial charge on any atom is -0.435 e. The minimum atomic E-state index is -3.19. The van der Waals surface area contributed by atoms with Crippen molar-refractivity contribution in [2.75, 3.05) is 0 Å². The van der Waals surface area contributed by atoms with Crippen molar-refractivity contribution in [1.82, 2.24) is 5.43 Å². The number of alkyl halides is 4. The number of benzene rings is 2. The highest BCUT2D eigenvalue weighted by atomic mass is 35.5. The number of nitrogens with zero attached hydrogens (tertiary/aromatic N) is 1. The minimum absolute atomic E-state index is 0.00590. The van der Waals surface area contributed by atoms with Gasteiger partial charge in [-0.1, -0.05) is 23.7 Å². The third-order valence-electron chi connectivity index (χ3n) is 2.91. The van der Waals surface area contributed by atoms with Crippen LogP contribution in [0.5, 0.6) is 11.5 Å². The van der Waals surface area contributed by atoms with Crippen molar-refractivity contribution in [2.24, 2.45) is 5.10 Å². The summed E-state index contributed by atoms with van der Waals surface area (Å²) in [5, 5.41) is 3.82. The number of hydrogen-bond acceptors (Lipinski definition) is 4. The van der Waals surface area contributed by atoms with Crippen molar-refractivity contribution in [1.29, 1.82) is 0 Å². The SMILES string of the molecule is O=C(N/N=C\c1ccc(OC(F)F)cc1OC(F)F)c1ccccc1Cl. The van der Waals surface area contributed by atoms with Crippen LogP contribution in [0.3, 0.4) is 0 Å². The Kier molecular flexibility index (Phi) is 6.79. The van der Waals surface area contributed by atoms with Crippen LogP contribution in [0.15, 0.2) is 47.6 Å². The monoisotopic (exact) mass is 390 g/mol. The molecule has 0 aromatic heterocycles. The van der Waals surface area contributed by atoms with Crippen molar-refractivity contribution in [3.05, 3.63) is 58.6 Å². The zero-order valence-corrected chi connectivity index (χ0v) is 13.6. The predicted molar refractivity (Wildman–Crippen MR) is 86.2 cm³/mol. The predicted octanol–water partition coefficient (Wildman–Crippen LogP) is 4.31. The molecule has 0 spiro atoms. The number of hydrogen-bond donors (Lipinski definition) is 1. The molecule has 2 aromatic carbocycles. The molecule has 0 fully saturated rings. The maximum atomic E-state index is 12.5. The van der Waals surface area contributed by atoms with E-state index in [0.717, 1.165) is 18.3 Å². The van der Waals surface area contributed by atoms with Gasteiger partial charge in [0.15, 0.2) is 0 Å². The van der Waals surface area contributed by atoms with E-state index in [4.69, 9.17) is 11.6 Å². The molecule has 10 heteroatoms. The van der Waals surface area contributed by atoms with E-state index in [0.29, 0.717) is 0 Å². The fourth-order valence-electron chi connectivity index (χ4n) is 1.86. The molecule has 0 atom stereocenters. The number of carbonyl (C=O) groups is 1. The van der Waals surface area contributed by atoms with Gasteiger partial charge in [0.25, 0.3) is 5.91 Å². The Balaban J connectivity index is 2.15. The van der Waals surface area contributed by atoms with Gasteiger partial charge in [-0.3, -0.25) is 4.79 Å². The molecule has 1 amide bonds. The topological polar surface area (TPSA) is 59.9 Å². The number of ether oxygens (including phenoxy) is 2. The van der Waals surface area contributed by atoms with Gasteiger partial charge in [0.05, 0.1) is 16.8 Å². The third kappa shape index (κ3) is 5.62. The van der Waals surface area contributed by atoms with E-state index in [1.54, 1.807) is 12.1 Å². The van der Waals surface area contributed by atoms with Crippen molar-refractivity contribution < 1.29 is 31.8 Å². The molecule has 2 rings (SSSR count). The average molecular weight is 391 g/mol. The first-order valence-electron chi connectivity index (χ1n) is 6.98. The van der Waals surface area contributed by atoms with E-state index in [1.165, 1.54) is 18.2 Å². The van der Waals surface area contributed by atoms with Gasteiger partial charge < -0.3 is 9.47 Å². The molecular weight excluding hydrogens is 380 g/mol. The van der Waals surface area contributed by atoms with Gasteiger partial charge in [-0.05, 0) is 24.3 Å². The zero-order chi connectivity index (χ0) is 19.1. The Morgan fingerprint density at radius 1 is 1.08 bits per heavy atom. The molecule has 0 aliphatic heterocycles. The summed E-state index contributed by atoms with van der Waals surface area (Å²) in [5.41, 5.74) is 2.34. The van der Waals surface area contributed by atoms with Crippen LogP contribution in [0.4, 0.5) is 17.6 Å². The van der Waals surface area contributed by atoms with Gasteiger partial charge >= 0.3 is 13.2 Å². The molecule has 1 N–H and O–H groups in total. The van der Waals surface area contributed by atoms with Crippen LogP contribution in [0, 0.1) is 0 Å². The normalized spacial score (nSPS) is 11.2. The van der Waals surface area contributed by atoms with Gasteiger partial charge in [0, 0.05) is 11.6 Å². The van der Waals surface area contributed by atoms with Crippen LogP contribution >= 0.6 is 11.6 Å². The second kappa shape index (κ2) is 9.04. The van der Waals surface area contributed by atoms with Gasteiger partial charge in [-0.25, -0.2) is 5.43 Å². The summed E-state index contributed by atoms with van der Waals surface area (Å²) in [5.74, 6) is -1.44. The summed E-state index contributed by atoms with van der Waals surface area (Å²) in [6.07, 6.45) is 1.01. The summed E-state index contributed by atoms with van der Waals surface area (Å²) in [7, 11) is 0. The highest BCUT2D eigenvalue weighted by Gasteiger charge is 2.13. The van der Waals surface area contributed by atoms with Crippen molar-refractivity contribution in [2.45, 2.75) is 13.2 Å². The van der Waals surface area contributed by atoms with E-state index in [9.17, 15) is 22.4 Å². The Morgan fingerprint density at radius 2 is 1.77 bits per heavy atom. The first-order valence-corrected chi connectivity index (χ1v) is 7.36. The molecule has 0 unspecified atom stereocenters. The molecule has 0 radical (unpaired) electrons. The van der Waals surface area contributed by atoms with Crippen molar-refractivity contribution in [3.8, 4) is 11.5 Å². The molecule has 26 heavy (non-hydrogen) atoms. The molecule has 5 nitrogen and oxygen atoms in total. The van der Waals surface area contributed by atoms with Gasteiger partial charge in [-0.15, -0.1) is 0 Å². The van der Waals surface area contributed by atoms with E-state index in [-0.39, 0.29) is 21.9 Å². The third-order valence-corrected chi connectivity index (χ3v) is 3.24. The number of hydrazone groups is 1. The van der Waals surface area contributed by atoms with Crippen molar-refractivity contribution >= 4 is 23.7 Å². The Hall–Kier alpha value is -2.81. The summed E-state index contributed by atoms with van der Waals surface area (Å²) < 4.78 is 57.7. The van der Waals surface area contributed by atoms with Gasteiger partial charge in [-0.2, -0.15) is 22.7 Å². The zero-order valence-electron chi connectivity index (χ0n) is 12.8. The Bertz CT molecular complexity index is 803. The summed E-state index contributed by atoms with van der Waals surface area (Å²) in [4.78, 5) is 11.9. The van der Waals surface area contributed by atoms with E-state index < -0.39 is 24.9 Å². The summed E-state index contributed by atoms with van der Waals surface area (Å²) >= 11 is 5.87. The molecule has 0 heterocycles. The first kappa shape index (κ1) is 19.5. The van der Waals surface area contributed by atoms with Crippen LogP contribution < -0.4 is 14.9 Å². The van der Waals surface area contributed by atoms with Crippen LogP contribution in [0.2, 0.25) is 5.02 Å². The van der Waals surface area contributed by atoms with Crippen LogP contribution in [0.25, 0.3) is 0 Å². The molecule has 138 valence electrons. The number of rotatable bonds is 7. The highest BCUT2D eigenvalue weighted by molar-refractivity contribution is 6.33. The molecule has 0 aliphatic carbocycles. The van der Waals surface area contributed by atoms with E-state index in [2.05, 4.69) is 20.0 Å². The summed E-state index contributed by atoms with van der Waals surface area (Å²) in [6, 6.07) is 9.35. The number of halogens is 5. The number of carbonyl (C=O) groups excluding carboxylic acids is 1. The number of nitrogens with one attached hydrogen (secondary N) is 1. The van der Waals surface area contributed by atoms with Gasteiger partial charge in [0.2, 0.25) is 0 Å². The van der Waals surface area contributed by atoms with E-state index in [1.807, 2.05) is 0 Å². The quantitative estimate of drug-likeness (QED) is 0.435. The lowest BCUT2D eigenvalue weighted by Gasteiger charge is -2.10. The van der Waals surface area contributed by atoms with Crippen LogP contribution in [-0.4, -0.2) is 25.3 Å². The summed E-state index contributed by atoms with van der Waals surface area (Å²) in [6.45, 7) is -6.31. The fourth-order valence-corrected chi connectivity index (χ4v) is 2.08. The second-order valence-corrected chi connectivity index (χ2v) is 5.04. The molecule has 2 aromatic rings. The highest BCUT2D eigenvalue weighted by Crippen LogP contribution is 2.26. The lowest BCUT2D eigenvalue weighted by molar-refractivity contribution is -0.0543. The Labute approximate surface area is 150 Å². The van der Waals surface area contributed by atoms with E-state index >= 15 is 0 Å². The molecule has 0 aliphatic rings. The van der Waals surface area contributed by atoms with Crippen LogP contribution in [-0.2, 0) is 0 Å². The molecule has 0 saturated carbocycles.